The number of thiophene rings is 1. The second-order valence-electron chi connectivity index (χ2n) is 6.90. The fourth-order valence-corrected chi connectivity index (χ4v) is 5.10. The standard InChI is InChI=1S/C25H22O5S/c1-3-29-19-11-7-17(8-12-19)25-23(24(27)16-5-9-18(26)10-6-16)21-14-13-20(30-4-2)15-22(21)31(25)28/h5-15,26H,3-4H2,1-2H3. The molecule has 1 N–H and O–H groups in total. The van der Waals surface area contributed by atoms with E-state index in [1.165, 1.54) is 12.1 Å². The summed E-state index contributed by atoms with van der Waals surface area (Å²) in [5, 5.41) is 10.2. The summed E-state index contributed by atoms with van der Waals surface area (Å²) < 4.78 is 25.2. The molecule has 0 amide bonds. The first kappa shape index (κ1) is 20.9. The van der Waals surface area contributed by atoms with Crippen molar-refractivity contribution in [2.75, 3.05) is 13.2 Å². The van der Waals surface area contributed by atoms with Gasteiger partial charge in [-0.3, -0.25) is 4.79 Å². The number of fused-ring (bicyclic) bond motifs is 1. The number of phenols is 1. The first-order valence-corrected chi connectivity index (χ1v) is 11.2. The van der Waals surface area contributed by atoms with Gasteiger partial charge in [-0.25, -0.2) is 0 Å². The average Bonchev–Trinajstić information content (AvgIpc) is 3.07. The van der Waals surface area contributed by atoms with Crippen LogP contribution in [0.25, 0.3) is 20.5 Å². The van der Waals surface area contributed by atoms with Gasteiger partial charge in [-0.15, -0.1) is 0 Å². The molecule has 4 aromatic rings. The highest BCUT2D eigenvalue weighted by Gasteiger charge is 2.30. The number of carbonyl (C=O) groups excluding carboxylic acids is 1. The maximum atomic E-state index is 13.5. The van der Waals surface area contributed by atoms with E-state index in [-0.39, 0.29) is 11.5 Å². The highest BCUT2D eigenvalue weighted by atomic mass is 32.2. The Hall–Kier alpha value is -3.35. The van der Waals surface area contributed by atoms with E-state index in [0.717, 1.165) is 0 Å². The van der Waals surface area contributed by atoms with Crippen LogP contribution in [-0.4, -0.2) is 28.7 Å². The Bertz CT molecular complexity index is 1220. The molecule has 1 heterocycles. The van der Waals surface area contributed by atoms with Gasteiger partial charge in [0.05, 0.1) is 24.2 Å². The van der Waals surface area contributed by atoms with Crippen molar-refractivity contribution in [1.29, 1.82) is 0 Å². The minimum atomic E-state index is -1.55. The van der Waals surface area contributed by atoms with E-state index >= 15 is 0 Å². The van der Waals surface area contributed by atoms with Crippen LogP contribution in [0.3, 0.4) is 0 Å². The topological polar surface area (TPSA) is 78.8 Å². The lowest BCUT2D eigenvalue weighted by atomic mass is 9.97. The fourth-order valence-electron chi connectivity index (χ4n) is 3.55. The van der Waals surface area contributed by atoms with Gasteiger partial charge in [0, 0.05) is 17.2 Å². The molecule has 158 valence electrons. The molecule has 6 heteroatoms. The monoisotopic (exact) mass is 434 g/mol. The van der Waals surface area contributed by atoms with Crippen LogP contribution in [0.1, 0.15) is 29.8 Å². The van der Waals surface area contributed by atoms with Crippen LogP contribution in [0.5, 0.6) is 17.2 Å². The SMILES string of the molecule is CCOc1ccc(-c2c(C(=O)c3ccc(O)cc3)c3ccc(OCC)cc3[s+]2[O-])cc1. The van der Waals surface area contributed by atoms with Gasteiger partial charge in [0.1, 0.15) is 17.2 Å². The molecule has 0 aliphatic carbocycles. The van der Waals surface area contributed by atoms with Crippen molar-refractivity contribution in [2.24, 2.45) is 0 Å². The summed E-state index contributed by atoms with van der Waals surface area (Å²) in [5.74, 6) is 1.14. The van der Waals surface area contributed by atoms with Crippen molar-refractivity contribution in [3.63, 3.8) is 0 Å². The number of benzene rings is 3. The van der Waals surface area contributed by atoms with Crippen LogP contribution < -0.4 is 9.47 Å². The summed E-state index contributed by atoms with van der Waals surface area (Å²) in [5.41, 5.74) is 1.50. The maximum Gasteiger partial charge on any atom is 0.199 e. The summed E-state index contributed by atoms with van der Waals surface area (Å²) in [6, 6.07) is 18.6. The number of hydrogen-bond acceptors (Lipinski definition) is 5. The molecule has 1 aromatic heterocycles. The van der Waals surface area contributed by atoms with E-state index in [0.29, 0.717) is 56.4 Å². The predicted molar refractivity (Wildman–Crippen MR) is 122 cm³/mol. The molecule has 0 aliphatic rings. The van der Waals surface area contributed by atoms with Gasteiger partial charge >= 0.3 is 0 Å². The molecule has 1 unspecified atom stereocenters. The number of carbonyl (C=O) groups is 1. The molecule has 0 aliphatic heterocycles. The summed E-state index contributed by atoms with van der Waals surface area (Å²) in [6.45, 7) is 4.82. The van der Waals surface area contributed by atoms with Gasteiger partial charge in [-0.05, 0) is 85.3 Å². The van der Waals surface area contributed by atoms with Crippen molar-refractivity contribution < 1.29 is 23.9 Å². The Kier molecular flexibility index (Phi) is 5.93. The molecular formula is C25H22O5S. The van der Waals surface area contributed by atoms with Crippen molar-refractivity contribution in [2.45, 2.75) is 13.8 Å². The lowest BCUT2D eigenvalue weighted by molar-refractivity contribution is 0.104. The molecule has 3 aromatic carbocycles. The molecule has 0 radical (unpaired) electrons. The second-order valence-corrected chi connectivity index (χ2v) is 8.28. The van der Waals surface area contributed by atoms with Crippen molar-refractivity contribution in [1.82, 2.24) is 0 Å². The van der Waals surface area contributed by atoms with E-state index in [9.17, 15) is 14.5 Å². The van der Waals surface area contributed by atoms with Gasteiger partial charge in [0.25, 0.3) is 0 Å². The summed E-state index contributed by atoms with van der Waals surface area (Å²) in [4.78, 5) is 14.0. The second kappa shape index (κ2) is 8.79. The van der Waals surface area contributed by atoms with Crippen LogP contribution in [0, 0.1) is 0 Å². The third-order valence-corrected chi connectivity index (χ3v) is 6.48. The van der Waals surface area contributed by atoms with E-state index < -0.39 is 10.8 Å². The highest BCUT2D eigenvalue weighted by molar-refractivity contribution is 7.35. The van der Waals surface area contributed by atoms with Crippen LogP contribution in [-0.2, 0) is 0 Å². The fraction of sp³-hybridized carbons (Fsp3) is 0.160. The molecule has 4 rings (SSSR count). The maximum absolute atomic E-state index is 13.5. The normalized spacial score (nSPS) is 11.5. The Balaban J connectivity index is 1.94. The van der Waals surface area contributed by atoms with Crippen LogP contribution in [0.4, 0.5) is 0 Å². The van der Waals surface area contributed by atoms with Crippen molar-refractivity contribution in [3.8, 4) is 27.7 Å². The van der Waals surface area contributed by atoms with Crippen LogP contribution >= 0.6 is 10.8 Å². The molecule has 0 fully saturated rings. The van der Waals surface area contributed by atoms with Gasteiger partial charge in [0.2, 0.25) is 0 Å². The third-order valence-electron chi connectivity index (χ3n) is 4.93. The van der Waals surface area contributed by atoms with E-state index in [4.69, 9.17) is 9.47 Å². The third kappa shape index (κ3) is 4.00. The molecule has 0 saturated carbocycles. The first-order valence-electron chi connectivity index (χ1n) is 10.0. The number of rotatable bonds is 7. The summed E-state index contributed by atoms with van der Waals surface area (Å²) in [6.07, 6.45) is 0. The first-order chi connectivity index (χ1) is 15.0. The van der Waals surface area contributed by atoms with E-state index in [1.54, 1.807) is 42.5 Å². The number of ether oxygens (including phenoxy) is 2. The predicted octanol–water partition coefficient (Wildman–Crippen LogP) is 5.97. The number of aromatic hydroxyl groups is 1. The Morgan fingerprint density at radius 1 is 0.903 bits per heavy atom. The number of hydrogen-bond donors (Lipinski definition) is 1. The van der Waals surface area contributed by atoms with Crippen LogP contribution in [0.15, 0.2) is 66.7 Å². The molecule has 31 heavy (non-hydrogen) atoms. The quantitative estimate of drug-likeness (QED) is 0.286. The average molecular weight is 435 g/mol. The zero-order chi connectivity index (χ0) is 22.0. The number of ketones is 1. The van der Waals surface area contributed by atoms with Gasteiger partial charge in [-0.1, -0.05) is 0 Å². The van der Waals surface area contributed by atoms with Gasteiger partial charge < -0.3 is 19.1 Å². The molecule has 0 spiro atoms. The van der Waals surface area contributed by atoms with E-state index in [1.807, 2.05) is 26.0 Å². The van der Waals surface area contributed by atoms with Crippen molar-refractivity contribution in [3.05, 3.63) is 77.9 Å². The Morgan fingerprint density at radius 3 is 2.16 bits per heavy atom. The summed E-state index contributed by atoms with van der Waals surface area (Å²) in [7, 11) is -1.55. The molecule has 5 nitrogen and oxygen atoms in total. The van der Waals surface area contributed by atoms with Crippen molar-refractivity contribution >= 4 is 26.6 Å². The smallest absolute Gasteiger partial charge is 0.199 e. The van der Waals surface area contributed by atoms with Crippen LogP contribution in [0.2, 0.25) is 0 Å². The van der Waals surface area contributed by atoms with E-state index in [2.05, 4.69) is 0 Å². The van der Waals surface area contributed by atoms with Gasteiger partial charge in [0.15, 0.2) is 15.4 Å². The van der Waals surface area contributed by atoms with Gasteiger partial charge in [-0.2, -0.15) is 0 Å². The zero-order valence-electron chi connectivity index (χ0n) is 17.3. The Labute approximate surface area is 183 Å². The molecular weight excluding hydrogens is 412 g/mol. The largest absolute Gasteiger partial charge is 0.590 e. The molecule has 1 atom stereocenters. The minimum absolute atomic E-state index is 0.0778. The highest BCUT2D eigenvalue weighted by Crippen LogP contribution is 2.47. The lowest BCUT2D eigenvalue weighted by Crippen LogP contribution is -2.02. The minimum Gasteiger partial charge on any atom is -0.590 e. The number of phenolic OH excluding ortho intramolecular Hbond substituents is 1. The molecule has 0 bridgehead atoms. The summed E-state index contributed by atoms with van der Waals surface area (Å²) >= 11 is 0. The molecule has 0 saturated heterocycles. The zero-order valence-corrected chi connectivity index (χ0v) is 18.1. The lowest BCUT2D eigenvalue weighted by Gasteiger charge is -2.06. The Morgan fingerprint density at radius 2 is 1.52 bits per heavy atom.